The third-order valence-corrected chi connectivity index (χ3v) is 18.0. The summed E-state index contributed by atoms with van der Waals surface area (Å²) in [6.45, 7) is 13.0. The number of ether oxygens (including phenoxy) is 2. The number of carbonyl (C=O) groups is 1. The summed E-state index contributed by atoms with van der Waals surface area (Å²) in [7, 11) is 0.220. The molecule has 0 heterocycles. The quantitative estimate of drug-likeness (QED) is 0.0481. The Hall–Kier alpha value is 0.0369. The number of rotatable bonds is 62. The summed E-state index contributed by atoms with van der Waals surface area (Å²) in [6.07, 6.45) is 62.8. The molecule has 0 fully saturated rings. The zero-order chi connectivity index (χ0) is 50.8. The summed E-state index contributed by atoms with van der Waals surface area (Å²) in [4.78, 5) is 12.8. The predicted molar refractivity (Wildman–Crippen MR) is 314 cm³/mol. The van der Waals surface area contributed by atoms with Crippen molar-refractivity contribution in [2.75, 3.05) is 52.4 Å². The molecular weight excluding hydrogens is 899 g/mol. The van der Waals surface area contributed by atoms with Crippen LogP contribution in [0.4, 0.5) is 0 Å². The molecular formula is C62H127NO5SSi. The Morgan fingerprint density at radius 1 is 0.386 bits per heavy atom. The van der Waals surface area contributed by atoms with Gasteiger partial charge in [-0.25, -0.2) is 0 Å². The molecule has 0 spiro atoms. The van der Waals surface area contributed by atoms with E-state index in [0.29, 0.717) is 31.5 Å². The third-order valence-electron chi connectivity index (χ3n) is 15.0. The van der Waals surface area contributed by atoms with E-state index in [9.17, 15) is 4.79 Å². The fourth-order valence-corrected chi connectivity index (χ4v) is 12.9. The molecule has 420 valence electrons. The van der Waals surface area contributed by atoms with Gasteiger partial charge in [0.1, 0.15) is 0 Å². The maximum absolute atomic E-state index is 12.8. The van der Waals surface area contributed by atoms with Crippen LogP contribution in [-0.2, 0) is 23.1 Å². The maximum Gasteiger partial charge on any atom is 0.321 e. The number of nitrogens with one attached hydrogen (secondary N) is 1. The largest absolute Gasteiger partial charge is 0.395 e. The zero-order valence-corrected chi connectivity index (χ0v) is 50.4. The first-order chi connectivity index (χ1) is 34.6. The molecule has 0 aliphatic carbocycles. The molecule has 0 saturated carbocycles. The van der Waals surface area contributed by atoms with E-state index in [2.05, 4.69) is 40.1 Å². The van der Waals surface area contributed by atoms with Crippen LogP contribution in [0.1, 0.15) is 329 Å². The molecule has 1 atom stereocenters. The third kappa shape index (κ3) is 52.9. The first-order valence-corrected chi connectivity index (χ1v) is 34.5. The first kappa shape index (κ1) is 70.0. The highest BCUT2D eigenvalue weighted by atomic mass is 32.2. The normalized spacial score (nSPS) is 12.4. The van der Waals surface area contributed by atoms with E-state index in [4.69, 9.17) is 18.3 Å². The van der Waals surface area contributed by atoms with Crippen molar-refractivity contribution < 1.29 is 23.1 Å². The van der Waals surface area contributed by atoms with Crippen molar-refractivity contribution >= 4 is 26.2 Å². The van der Waals surface area contributed by atoms with Gasteiger partial charge in [0.05, 0.1) is 33.0 Å². The summed E-state index contributed by atoms with van der Waals surface area (Å²) in [6, 6.07) is 0.941. The van der Waals surface area contributed by atoms with Gasteiger partial charge in [0.25, 0.3) is 0 Å². The van der Waals surface area contributed by atoms with Crippen LogP contribution in [-0.4, -0.2) is 72.4 Å². The van der Waals surface area contributed by atoms with Crippen molar-refractivity contribution in [2.45, 2.75) is 341 Å². The van der Waals surface area contributed by atoms with E-state index >= 15 is 0 Å². The standard InChI is InChI=1S/C62H127NO5SSi/c1-6-10-14-17-20-23-25-27-29-31-33-35-38-41-44-47-51-62(63-5,52-48-45-42-39-36-34-32-30-28-26-24-21-18-15-11-7-2)60-68-70(67-57-56-66-55-54-65-53-13-9-4)59-49-58-69-61(64)50-46-43-40-37-22-19-16-12-8-3/h63,70H,6-60H2,1-5H3. The number of unbranched alkanes of at least 4 members (excludes halogenated alkanes) is 39. The van der Waals surface area contributed by atoms with Crippen LogP contribution in [0.15, 0.2) is 0 Å². The molecule has 0 radical (unpaired) electrons. The molecule has 0 aromatic heterocycles. The molecule has 0 aromatic rings. The molecule has 0 rings (SSSR count). The van der Waals surface area contributed by atoms with Gasteiger partial charge in [-0.2, -0.15) is 0 Å². The molecule has 6 nitrogen and oxygen atoms in total. The molecule has 8 heteroatoms. The fraction of sp³-hybridized carbons (Fsp3) is 0.984. The molecule has 0 amide bonds. The Kier molecular flexibility index (Phi) is 59.9. The van der Waals surface area contributed by atoms with Crippen LogP contribution in [0.5, 0.6) is 0 Å². The van der Waals surface area contributed by atoms with E-state index in [1.807, 2.05) is 0 Å². The summed E-state index contributed by atoms with van der Waals surface area (Å²) in [5.41, 5.74) is -0.00678. The lowest BCUT2D eigenvalue weighted by molar-refractivity contribution is -0.111. The average Bonchev–Trinajstić information content (AvgIpc) is 3.37. The lowest BCUT2D eigenvalue weighted by Gasteiger charge is -2.35. The van der Waals surface area contributed by atoms with Crippen molar-refractivity contribution in [1.29, 1.82) is 0 Å². The van der Waals surface area contributed by atoms with Gasteiger partial charge in [-0.05, 0) is 45.2 Å². The first-order valence-electron chi connectivity index (χ1n) is 31.8. The van der Waals surface area contributed by atoms with Crippen LogP contribution in [0.2, 0.25) is 6.04 Å². The highest BCUT2D eigenvalue weighted by molar-refractivity contribution is 8.13. The molecule has 1 N–H and O–H groups in total. The van der Waals surface area contributed by atoms with Gasteiger partial charge in [0.2, 0.25) is 0 Å². The highest BCUT2D eigenvalue weighted by Gasteiger charge is 2.30. The van der Waals surface area contributed by atoms with E-state index in [-0.39, 0.29) is 5.54 Å². The summed E-state index contributed by atoms with van der Waals surface area (Å²) in [5, 5.41) is 4.23. The smallest absolute Gasteiger partial charge is 0.321 e. The van der Waals surface area contributed by atoms with Crippen molar-refractivity contribution in [3.63, 3.8) is 0 Å². The minimum Gasteiger partial charge on any atom is -0.395 e. The van der Waals surface area contributed by atoms with Crippen LogP contribution < -0.4 is 5.32 Å². The summed E-state index contributed by atoms with van der Waals surface area (Å²) >= 11 is 1.54. The van der Waals surface area contributed by atoms with Gasteiger partial charge < -0.3 is 23.6 Å². The van der Waals surface area contributed by atoms with E-state index in [1.165, 1.54) is 270 Å². The SMILES string of the molecule is CCCCCCCCCCCCCCCCCCC(CCCCCCCCCCCCCCCCCC)(CO[SiH](CCCSC(=O)CCCCCCCCCCC)OCCOCCOCCCC)NC. The molecule has 0 aliphatic heterocycles. The maximum atomic E-state index is 12.8. The highest BCUT2D eigenvalue weighted by Crippen LogP contribution is 2.26. The lowest BCUT2D eigenvalue weighted by atomic mass is 9.87. The van der Waals surface area contributed by atoms with Gasteiger partial charge >= 0.3 is 9.28 Å². The van der Waals surface area contributed by atoms with Gasteiger partial charge in [0, 0.05) is 24.3 Å². The Morgan fingerprint density at radius 3 is 1.09 bits per heavy atom. The van der Waals surface area contributed by atoms with Crippen molar-refractivity contribution in [1.82, 2.24) is 5.32 Å². The number of hydrogen-bond donors (Lipinski definition) is 1. The van der Waals surface area contributed by atoms with Crippen LogP contribution in [0.25, 0.3) is 0 Å². The Morgan fingerprint density at radius 2 is 0.714 bits per heavy atom. The predicted octanol–water partition coefficient (Wildman–Crippen LogP) is 19.9. The number of likely N-dealkylation sites (N-methyl/N-ethyl adjacent to an activating group) is 1. The second-order valence-electron chi connectivity index (χ2n) is 21.8. The molecule has 70 heavy (non-hydrogen) atoms. The Bertz CT molecular complexity index is 956. The molecule has 0 saturated heterocycles. The van der Waals surface area contributed by atoms with Crippen molar-refractivity contribution in [3.8, 4) is 0 Å². The topological polar surface area (TPSA) is 66.0 Å². The Labute approximate surface area is 446 Å². The van der Waals surface area contributed by atoms with Gasteiger partial charge in [-0.3, -0.25) is 4.79 Å². The molecule has 0 aromatic carbocycles. The van der Waals surface area contributed by atoms with E-state index in [0.717, 1.165) is 57.1 Å². The Balaban J connectivity index is 5.05. The second-order valence-corrected chi connectivity index (χ2v) is 25.0. The number of hydrogen-bond acceptors (Lipinski definition) is 7. The van der Waals surface area contributed by atoms with Crippen molar-refractivity contribution in [2.24, 2.45) is 0 Å². The van der Waals surface area contributed by atoms with Crippen LogP contribution >= 0.6 is 11.8 Å². The van der Waals surface area contributed by atoms with Crippen LogP contribution in [0, 0.1) is 0 Å². The van der Waals surface area contributed by atoms with E-state index in [1.54, 1.807) is 11.8 Å². The van der Waals surface area contributed by atoms with Gasteiger partial charge in [0.15, 0.2) is 5.12 Å². The lowest BCUT2D eigenvalue weighted by Crippen LogP contribution is -2.49. The summed E-state index contributed by atoms with van der Waals surface area (Å²) in [5.74, 6) is 0.869. The fourth-order valence-electron chi connectivity index (χ4n) is 9.98. The van der Waals surface area contributed by atoms with Crippen molar-refractivity contribution in [3.05, 3.63) is 0 Å². The van der Waals surface area contributed by atoms with Gasteiger partial charge in [-0.1, -0.05) is 303 Å². The number of thioether (sulfide) groups is 1. The molecule has 0 bridgehead atoms. The monoisotopic (exact) mass is 1030 g/mol. The van der Waals surface area contributed by atoms with Crippen LogP contribution in [0.3, 0.4) is 0 Å². The zero-order valence-electron chi connectivity index (χ0n) is 48.4. The second kappa shape index (κ2) is 59.9. The minimum absolute atomic E-state index is 0.00678. The summed E-state index contributed by atoms with van der Waals surface area (Å²) < 4.78 is 25.1. The average molecular weight is 1030 g/mol. The molecule has 0 aliphatic rings. The van der Waals surface area contributed by atoms with E-state index < -0.39 is 9.28 Å². The minimum atomic E-state index is -1.97. The molecule has 1 unspecified atom stereocenters. The van der Waals surface area contributed by atoms with Gasteiger partial charge in [-0.15, -0.1) is 0 Å². The number of carbonyl (C=O) groups excluding carboxylic acids is 1.